The van der Waals surface area contributed by atoms with Crippen LogP contribution in [-0.4, -0.2) is 53.5 Å². The molecular formula is C17H19O8-. The molecule has 8 heteroatoms. The Balaban J connectivity index is 2.81. The third-order valence-electron chi connectivity index (χ3n) is 3.14. The number of carbonyl (C=O) groups is 3. The fraction of sp³-hybridized carbons (Fsp3) is 0.353. The number of rotatable bonds is 9. The Morgan fingerprint density at radius 3 is 2.36 bits per heavy atom. The van der Waals surface area contributed by atoms with Crippen molar-refractivity contribution in [1.82, 2.24) is 0 Å². The summed E-state index contributed by atoms with van der Waals surface area (Å²) in [5.74, 6) is -3.23. The van der Waals surface area contributed by atoms with Crippen molar-refractivity contribution in [2.24, 2.45) is 0 Å². The number of hydrogen-bond acceptors (Lipinski definition) is 8. The summed E-state index contributed by atoms with van der Waals surface area (Å²) in [6, 6.07) is 5.33. The minimum atomic E-state index is -1.53. The highest BCUT2D eigenvalue weighted by Gasteiger charge is 2.22. The number of esters is 2. The molecule has 136 valence electrons. The molecule has 0 amide bonds. The number of carbonyl (C=O) groups excluding carboxylic acids is 3. The lowest BCUT2D eigenvalue weighted by Crippen LogP contribution is -2.31. The molecule has 0 aromatic heterocycles. The summed E-state index contributed by atoms with van der Waals surface area (Å²) in [5.41, 5.74) is -0.439. The molecular weight excluding hydrogens is 332 g/mol. The second kappa shape index (κ2) is 9.55. The number of aliphatic hydroxyl groups excluding tert-OH is 2. The van der Waals surface area contributed by atoms with Gasteiger partial charge < -0.3 is 29.6 Å². The van der Waals surface area contributed by atoms with Gasteiger partial charge in [-0.2, -0.15) is 0 Å². The van der Waals surface area contributed by atoms with Gasteiger partial charge in [-0.3, -0.25) is 0 Å². The molecule has 0 saturated carbocycles. The molecule has 2 atom stereocenters. The van der Waals surface area contributed by atoms with Crippen molar-refractivity contribution < 1.29 is 39.2 Å². The molecule has 0 saturated heterocycles. The first-order valence-corrected chi connectivity index (χ1v) is 7.39. The maximum atomic E-state index is 12.1. The van der Waals surface area contributed by atoms with Gasteiger partial charge >= 0.3 is 11.9 Å². The molecule has 0 bridgehead atoms. The number of ether oxygens (including phenoxy) is 2. The van der Waals surface area contributed by atoms with Gasteiger partial charge in [0.05, 0.1) is 24.2 Å². The lowest BCUT2D eigenvalue weighted by Gasteiger charge is -2.20. The van der Waals surface area contributed by atoms with Crippen LogP contribution in [0, 0.1) is 0 Å². The molecule has 2 N–H and O–H groups in total. The summed E-state index contributed by atoms with van der Waals surface area (Å²) < 4.78 is 10.0. The smallest absolute Gasteiger partial charge is 0.338 e. The SMILES string of the molecule is C=C(C)C(=O)OC(COC(=O)c1ccccc1C(=O)[O-])CC(O)CO. The van der Waals surface area contributed by atoms with Gasteiger partial charge in [0.25, 0.3) is 0 Å². The van der Waals surface area contributed by atoms with Crippen molar-refractivity contribution in [3.05, 3.63) is 47.5 Å². The Morgan fingerprint density at radius 2 is 1.84 bits per heavy atom. The van der Waals surface area contributed by atoms with E-state index in [0.29, 0.717) is 0 Å². The van der Waals surface area contributed by atoms with Gasteiger partial charge in [0.15, 0.2) is 0 Å². The molecule has 0 heterocycles. The zero-order chi connectivity index (χ0) is 19.0. The van der Waals surface area contributed by atoms with E-state index in [-0.39, 0.29) is 23.1 Å². The molecule has 0 fully saturated rings. The largest absolute Gasteiger partial charge is 0.545 e. The third kappa shape index (κ3) is 6.36. The first-order valence-electron chi connectivity index (χ1n) is 7.39. The van der Waals surface area contributed by atoms with Gasteiger partial charge in [-0.1, -0.05) is 24.8 Å². The molecule has 0 aliphatic rings. The van der Waals surface area contributed by atoms with Crippen LogP contribution in [0.25, 0.3) is 0 Å². The van der Waals surface area contributed by atoms with Crippen LogP contribution in [-0.2, 0) is 14.3 Å². The number of aliphatic hydroxyl groups is 2. The highest BCUT2D eigenvalue weighted by molar-refractivity contribution is 6.01. The average Bonchev–Trinajstić information content (AvgIpc) is 2.58. The molecule has 0 radical (unpaired) electrons. The summed E-state index contributed by atoms with van der Waals surface area (Å²) in [5, 5.41) is 29.4. The summed E-state index contributed by atoms with van der Waals surface area (Å²) in [6.07, 6.45) is -2.40. The second-order valence-corrected chi connectivity index (χ2v) is 5.31. The molecule has 1 rings (SSSR count). The summed E-state index contributed by atoms with van der Waals surface area (Å²) in [7, 11) is 0. The molecule has 0 spiro atoms. The number of benzene rings is 1. The molecule has 1 aromatic rings. The van der Waals surface area contributed by atoms with E-state index in [1.807, 2.05) is 0 Å². The van der Waals surface area contributed by atoms with Crippen molar-refractivity contribution in [3.8, 4) is 0 Å². The molecule has 1 aromatic carbocycles. The van der Waals surface area contributed by atoms with Crippen LogP contribution in [0.2, 0.25) is 0 Å². The molecule has 8 nitrogen and oxygen atoms in total. The Morgan fingerprint density at radius 1 is 1.24 bits per heavy atom. The van der Waals surface area contributed by atoms with E-state index in [9.17, 15) is 24.6 Å². The predicted octanol–water partition coefficient (Wildman–Crippen LogP) is -0.562. The molecule has 25 heavy (non-hydrogen) atoms. The van der Waals surface area contributed by atoms with Crippen molar-refractivity contribution in [2.45, 2.75) is 25.6 Å². The van der Waals surface area contributed by atoms with Crippen molar-refractivity contribution in [3.63, 3.8) is 0 Å². The van der Waals surface area contributed by atoms with Crippen molar-refractivity contribution in [1.29, 1.82) is 0 Å². The minimum absolute atomic E-state index is 0.108. The van der Waals surface area contributed by atoms with E-state index in [1.165, 1.54) is 31.2 Å². The lowest BCUT2D eigenvalue weighted by molar-refractivity contribution is -0.255. The highest BCUT2D eigenvalue weighted by Crippen LogP contribution is 2.12. The summed E-state index contributed by atoms with van der Waals surface area (Å²) in [4.78, 5) is 34.7. The minimum Gasteiger partial charge on any atom is -0.545 e. The normalized spacial score (nSPS) is 12.8. The standard InChI is InChI=1S/C17H20O8/c1-10(2)16(22)25-12(7-11(19)8-18)9-24-17(23)14-6-4-3-5-13(14)15(20)21/h3-6,11-12,18-19H,1,7-9H2,2H3,(H,20,21)/p-1. The maximum absolute atomic E-state index is 12.1. The van der Waals surface area contributed by atoms with Gasteiger partial charge in [0, 0.05) is 17.6 Å². The third-order valence-corrected chi connectivity index (χ3v) is 3.14. The average molecular weight is 351 g/mol. The van der Waals surface area contributed by atoms with Crippen LogP contribution in [0.4, 0.5) is 0 Å². The monoisotopic (exact) mass is 351 g/mol. The second-order valence-electron chi connectivity index (χ2n) is 5.31. The maximum Gasteiger partial charge on any atom is 0.338 e. The van der Waals surface area contributed by atoms with Gasteiger partial charge in [0.1, 0.15) is 12.7 Å². The van der Waals surface area contributed by atoms with Crippen molar-refractivity contribution in [2.75, 3.05) is 13.2 Å². The van der Waals surface area contributed by atoms with E-state index in [4.69, 9.17) is 14.6 Å². The Hall–Kier alpha value is -2.71. The van der Waals surface area contributed by atoms with E-state index in [0.717, 1.165) is 0 Å². The number of aromatic carboxylic acids is 1. The zero-order valence-corrected chi connectivity index (χ0v) is 13.6. The van der Waals surface area contributed by atoms with Crippen LogP contribution in [0.15, 0.2) is 36.4 Å². The quantitative estimate of drug-likeness (QED) is 0.447. The van der Waals surface area contributed by atoms with Gasteiger partial charge in [0.2, 0.25) is 0 Å². The van der Waals surface area contributed by atoms with E-state index < -0.39 is 43.3 Å². The van der Waals surface area contributed by atoms with E-state index >= 15 is 0 Å². The fourth-order valence-corrected chi connectivity index (χ4v) is 1.87. The number of carboxylic acid groups (broad SMARTS) is 1. The lowest BCUT2D eigenvalue weighted by atomic mass is 10.1. The molecule has 0 aliphatic heterocycles. The van der Waals surface area contributed by atoms with Crippen molar-refractivity contribution >= 4 is 17.9 Å². The first kappa shape index (κ1) is 20.3. The topological polar surface area (TPSA) is 133 Å². The molecule has 2 unspecified atom stereocenters. The Labute approximate surface area is 144 Å². The first-order chi connectivity index (χ1) is 11.8. The predicted molar refractivity (Wildman–Crippen MR) is 83.5 cm³/mol. The summed E-state index contributed by atoms with van der Waals surface area (Å²) in [6.45, 7) is 3.83. The van der Waals surface area contributed by atoms with Crippen LogP contribution < -0.4 is 5.11 Å². The van der Waals surface area contributed by atoms with Gasteiger partial charge in [-0.05, 0) is 13.0 Å². The van der Waals surface area contributed by atoms with Crippen LogP contribution in [0.5, 0.6) is 0 Å². The number of carboxylic acids is 1. The van der Waals surface area contributed by atoms with E-state index in [2.05, 4.69) is 6.58 Å². The van der Waals surface area contributed by atoms with Crippen LogP contribution in [0.1, 0.15) is 34.1 Å². The molecule has 0 aliphatic carbocycles. The van der Waals surface area contributed by atoms with Gasteiger partial charge in [-0.25, -0.2) is 9.59 Å². The zero-order valence-electron chi connectivity index (χ0n) is 13.6. The summed E-state index contributed by atoms with van der Waals surface area (Å²) >= 11 is 0. The highest BCUT2D eigenvalue weighted by atomic mass is 16.6. The fourth-order valence-electron chi connectivity index (χ4n) is 1.87. The number of hydrogen-bond donors (Lipinski definition) is 2. The Bertz CT molecular complexity index is 652. The van der Waals surface area contributed by atoms with Crippen LogP contribution in [0.3, 0.4) is 0 Å². The van der Waals surface area contributed by atoms with E-state index in [1.54, 1.807) is 0 Å². The van der Waals surface area contributed by atoms with Gasteiger partial charge in [-0.15, -0.1) is 0 Å². The Kier molecular flexibility index (Phi) is 7.77. The van der Waals surface area contributed by atoms with Crippen LogP contribution >= 0.6 is 0 Å².